The topological polar surface area (TPSA) is 97.5 Å². The molecule has 0 spiro atoms. The molecule has 0 atom stereocenters. The number of carbonyl (C=O) groups is 1. The minimum Gasteiger partial charge on any atom is -0.267 e. The summed E-state index contributed by atoms with van der Waals surface area (Å²) in [5.41, 5.74) is 3.46. The normalized spacial score (nSPS) is 10.5. The van der Waals surface area contributed by atoms with E-state index in [1.165, 1.54) is 24.4 Å². The van der Waals surface area contributed by atoms with Crippen molar-refractivity contribution in [1.29, 1.82) is 0 Å². The summed E-state index contributed by atoms with van der Waals surface area (Å²) < 4.78 is 0. The number of amides is 1. The van der Waals surface area contributed by atoms with Crippen LogP contribution in [-0.2, 0) is 0 Å². The van der Waals surface area contributed by atoms with E-state index in [2.05, 4.69) is 15.5 Å². The molecule has 7 nitrogen and oxygen atoms in total. The molecule has 0 fully saturated rings. The van der Waals surface area contributed by atoms with Gasteiger partial charge in [0.05, 0.1) is 16.8 Å². The van der Waals surface area contributed by atoms with Crippen molar-refractivity contribution in [1.82, 2.24) is 10.4 Å². The Morgan fingerprint density at radius 1 is 1.38 bits per heavy atom. The summed E-state index contributed by atoms with van der Waals surface area (Å²) in [5, 5.41) is 14.6. The van der Waals surface area contributed by atoms with E-state index in [1.54, 1.807) is 31.3 Å². The maximum Gasteiger partial charge on any atom is 0.273 e. The molecule has 2 aromatic rings. The zero-order chi connectivity index (χ0) is 15.2. The average molecular weight is 284 g/mol. The summed E-state index contributed by atoms with van der Waals surface area (Å²) in [7, 11) is 0. The summed E-state index contributed by atoms with van der Waals surface area (Å²) >= 11 is 0. The van der Waals surface area contributed by atoms with Gasteiger partial charge in [-0.3, -0.25) is 19.9 Å². The molecule has 1 N–H and O–H groups in total. The minimum atomic E-state index is -0.525. The van der Waals surface area contributed by atoms with Gasteiger partial charge < -0.3 is 0 Å². The van der Waals surface area contributed by atoms with Crippen molar-refractivity contribution in [3.8, 4) is 0 Å². The average Bonchev–Trinajstić information content (AvgIpc) is 2.48. The second kappa shape index (κ2) is 6.38. The Labute approximate surface area is 120 Å². The van der Waals surface area contributed by atoms with Crippen LogP contribution in [-0.4, -0.2) is 22.0 Å². The molecule has 0 radical (unpaired) electrons. The third-order valence-electron chi connectivity index (χ3n) is 2.72. The molecular weight excluding hydrogens is 272 g/mol. The van der Waals surface area contributed by atoms with Gasteiger partial charge in [-0.2, -0.15) is 5.10 Å². The lowest BCUT2D eigenvalue weighted by Gasteiger charge is -2.01. The Bertz CT molecular complexity index is 699. The van der Waals surface area contributed by atoms with Crippen LogP contribution in [0, 0.1) is 17.0 Å². The number of nitro groups is 1. The predicted octanol–water partition coefficient (Wildman–Crippen LogP) is 2.06. The Balaban J connectivity index is 2.09. The van der Waals surface area contributed by atoms with Crippen LogP contribution in [0.3, 0.4) is 0 Å². The summed E-state index contributed by atoms with van der Waals surface area (Å²) in [4.78, 5) is 26.2. The molecule has 0 unspecified atom stereocenters. The summed E-state index contributed by atoms with van der Waals surface area (Å²) in [6, 6.07) is 9.54. The van der Waals surface area contributed by atoms with E-state index in [9.17, 15) is 14.9 Å². The highest BCUT2D eigenvalue weighted by atomic mass is 16.6. The van der Waals surface area contributed by atoms with Gasteiger partial charge in [0, 0.05) is 23.4 Å². The fourth-order valence-corrected chi connectivity index (χ4v) is 1.62. The predicted molar refractivity (Wildman–Crippen MR) is 77.1 cm³/mol. The lowest BCUT2D eigenvalue weighted by Crippen LogP contribution is -2.18. The molecule has 0 aliphatic rings. The first-order valence-corrected chi connectivity index (χ1v) is 6.07. The van der Waals surface area contributed by atoms with Gasteiger partial charge in [0.25, 0.3) is 11.6 Å². The first-order valence-electron chi connectivity index (χ1n) is 6.07. The number of aryl methyl sites for hydroxylation is 1. The van der Waals surface area contributed by atoms with E-state index in [-0.39, 0.29) is 11.3 Å². The maximum atomic E-state index is 11.9. The smallest absolute Gasteiger partial charge is 0.267 e. The molecule has 21 heavy (non-hydrogen) atoms. The van der Waals surface area contributed by atoms with Gasteiger partial charge in [-0.15, -0.1) is 0 Å². The molecule has 0 saturated heterocycles. The van der Waals surface area contributed by atoms with Crippen LogP contribution in [0.25, 0.3) is 0 Å². The van der Waals surface area contributed by atoms with Crippen LogP contribution in [0.5, 0.6) is 0 Å². The lowest BCUT2D eigenvalue weighted by atomic mass is 10.1. The number of hydrogen-bond donors (Lipinski definition) is 1. The lowest BCUT2D eigenvalue weighted by molar-refractivity contribution is -0.385. The van der Waals surface area contributed by atoms with E-state index in [0.29, 0.717) is 11.3 Å². The SMILES string of the molecule is Cc1ccc(C(=O)N/N=C\c2ccccn2)cc1[N+](=O)[O-]. The van der Waals surface area contributed by atoms with Crippen molar-refractivity contribution in [3.05, 3.63) is 69.5 Å². The van der Waals surface area contributed by atoms with E-state index >= 15 is 0 Å². The summed E-state index contributed by atoms with van der Waals surface area (Å²) in [5.74, 6) is -0.523. The number of rotatable bonds is 4. The number of benzene rings is 1. The number of nitrogens with one attached hydrogen (secondary N) is 1. The molecule has 0 saturated carbocycles. The standard InChI is InChI=1S/C14H12N4O3/c1-10-5-6-11(8-13(10)18(20)21)14(19)17-16-9-12-4-2-3-7-15-12/h2-9H,1H3,(H,17,19)/b16-9-. The van der Waals surface area contributed by atoms with E-state index in [0.717, 1.165) is 0 Å². The van der Waals surface area contributed by atoms with E-state index in [1.807, 2.05) is 0 Å². The molecule has 1 heterocycles. The van der Waals surface area contributed by atoms with Crippen molar-refractivity contribution in [2.45, 2.75) is 6.92 Å². The van der Waals surface area contributed by atoms with E-state index in [4.69, 9.17) is 0 Å². The van der Waals surface area contributed by atoms with Crippen molar-refractivity contribution >= 4 is 17.8 Å². The number of aromatic nitrogens is 1. The van der Waals surface area contributed by atoms with Crippen LogP contribution in [0.4, 0.5) is 5.69 Å². The minimum absolute atomic E-state index is 0.101. The van der Waals surface area contributed by atoms with Gasteiger partial charge in [-0.25, -0.2) is 5.43 Å². The molecule has 0 aliphatic carbocycles. The second-order valence-corrected chi connectivity index (χ2v) is 4.21. The highest BCUT2D eigenvalue weighted by Crippen LogP contribution is 2.19. The highest BCUT2D eigenvalue weighted by molar-refractivity contribution is 5.95. The first-order chi connectivity index (χ1) is 10.1. The van der Waals surface area contributed by atoms with Gasteiger partial charge in [-0.05, 0) is 25.1 Å². The van der Waals surface area contributed by atoms with Crippen molar-refractivity contribution in [2.75, 3.05) is 0 Å². The van der Waals surface area contributed by atoms with Gasteiger partial charge in [0.1, 0.15) is 0 Å². The third-order valence-corrected chi connectivity index (χ3v) is 2.72. The summed E-state index contributed by atoms with van der Waals surface area (Å²) in [6.45, 7) is 1.61. The third kappa shape index (κ3) is 3.69. The van der Waals surface area contributed by atoms with Gasteiger partial charge in [0.2, 0.25) is 0 Å². The quantitative estimate of drug-likeness (QED) is 0.528. The Hall–Kier alpha value is -3.09. The molecule has 2 rings (SSSR count). The van der Waals surface area contributed by atoms with E-state index < -0.39 is 10.8 Å². The van der Waals surface area contributed by atoms with Crippen molar-refractivity contribution in [3.63, 3.8) is 0 Å². The Morgan fingerprint density at radius 2 is 2.19 bits per heavy atom. The Kier molecular flexibility index (Phi) is 4.35. The monoisotopic (exact) mass is 284 g/mol. The zero-order valence-corrected chi connectivity index (χ0v) is 11.2. The fourth-order valence-electron chi connectivity index (χ4n) is 1.62. The van der Waals surface area contributed by atoms with Gasteiger partial charge in [0.15, 0.2) is 0 Å². The molecule has 0 aliphatic heterocycles. The number of nitro benzene ring substituents is 1. The number of nitrogens with zero attached hydrogens (tertiary/aromatic N) is 3. The molecule has 106 valence electrons. The first kappa shape index (κ1) is 14.3. The highest BCUT2D eigenvalue weighted by Gasteiger charge is 2.14. The fraction of sp³-hybridized carbons (Fsp3) is 0.0714. The molecule has 1 aromatic heterocycles. The van der Waals surface area contributed by atoms with Crippen LogP contribution >= 0.6 is 0 Å². The van der Waals surface area contributed by atoms with Crippen LogP contribution in [0.1, 0.15) is 21.6 Å². The van der Waals surface area contributed by atoms with Crippen LogP contribution < -0.4 is 5.43 Å². The number of hydrazone groups is 1. The van der Waals surface area contributed by atoms with Crippen molar-refractivity contribution in [2.24, 2.45) is 5.10 Å². The van der Waals surface area contributed by atoms with Crippen molar-refractivity contribution < 1.29 is 9.72 Å². The maximum absolute atomic E-state index is 11.9. The number of pyridine rings is 1. The van der Waals surface area contributed by atoms with Gasteiger partial charge >= 0.3 is 0 Å². The molecular formula is C14H12N4O3. The number of hydrogen-bond acceptors (Lipinski definition) is 5. The Morgan fingerprint density at radius 3 is 2.86 bits per heavy atom. The second-order valence-electron chi connectivity index (χ2n) is 4.21. The largest absolute Gasteiger partial charge is 0.273 e. The molecule has 1 aromatic carbocycles. The van der Waals surface area contributed by atoms with Gasteiger partial charge in [-0.1, -0.05) is 12.1 Å². The molecule has 7 heteroatoms. The number of carbonyl (C=O) groups excluding carboxylic acids is 1. The molecule has 1 amide bonds. The molecule has 0 bridgehead atoms. The summed E-state index contributed by atoms with van der Waals surface area (Å²) in [6.07, 6.45) is 2.99. The van der Waals surface area contributed by atoms with Crippen LogP contribution in [0.15, 0.2) is 47.7 Å². The zero-order valence-electron chi connectivity index (χ0n) is 11.2. The van der Waals surface area contributed by atoms with Crippen LogP contribution in [0.2, 0.25) is 0 Å².